The first-order valence-corrected chi connectivity index (χ1v) is 8.37. The predicted molar refractivity (Wildman–Crippen MR) is 85.5 cm³/mol. The fourth-order valence-electron chi connectivity index (χ4n) is 3.04. The van der Waals surface area contributed by atoms with Crippen LogP contribution in [0.4, 0.5) is 0 Å². The Balaban J connectivity index is 1.90. The molecular formula is C16H21N3OS. The number of thiazole rings is 1. The van der Waals surface area contributed by atoms with Gasteiger partial charge < -0.3 is 4.90 Å². The van der Waals surface area contributed by atoms with E-state index in [1.54, 1.807) is 6.20 Å². The van der Waals surface area contributed by atoms with Crippen LogP contribution in [0.1, 0.15) is 49.8 Å². The van der Waals surface area contributed by atoms with Crippen molar-refractivity contribution in [2.24, 2.45) is 5.41 Å². The summed E-state index contributed by atoms with van der Waals surface area (Å²) in [4.78, 5) is 24.4. The maximum absolute atomic E-state index is 12.8. The van der Waals surface area contributed by atoms with Gasteiger partial charge in [-0.05, 0) is 36.8 Å². The van der Waals surface area contributed by atoms with Gasteiger partial charge in [0, 0.05) is 18.8 Å². The fourth-order valence-corrected chi connectivity index (χ4v) is 3.91. The van der Waals surface area contributed by atoms with Crippen LogP contribution < -0.4 is 0 Å². The number of carbonyl (C=O) groups is 1. The van der Waals surface area contributed by atoms with E-state index >= 15 is 0 Å². The van der Waals surface area contributed by atoms with E-state index in [1.165, 1.54) is 11.3 Å². The van der Waals surface area contributed by atoms with Crippen molar-refractivity contribution in [2.75, 3.05) is 6.54 Å². The van der Waals surface area contributed by atoms with Crippen molar-refractivity contribution in [1.82, 2.24) is 14.9 Å². The summed E-state index contributed by atoms with van der Waals surface area (Å²) < 4.78 is 0. The smallest absolute Gasteiger partial charge is 0.283 e. The summed E-state index contributed by atoms with van der Waals surface area (Å²) in [7, 11) is 0. The highest BCUT2D eigenvalue weighted by Crippen LogP contribution is 2.37. The Morgan fingerprint density at radius 2 is 2.33 bits per heavy atom. The van der Waals surface area contributed by atoms with Crippen LogP contribution in [0, 0.1) is 5.41 Å². The zero-order valence-corrected chi connectivity index (χ0v) is 13.6. The van der Waals surface area contributed by atoms with Crippen LogP contribution >= 0.6 is 11.3 Å². The third-order valence-corrected chi connectivity index (χ3v) is 5.64. The minimum Gasteiger partial charge on any atom is -0.333 e. The highest BCUT2D eigenvalue weighted by Gasteiger charge is 2.39. The summed E-state index contributed by atoms with van der Waals surface area (Å²) in [6, 6.07) is 4.08. The van der Waals surface area contributed by atoms with Crippen LogP contribution in [0.3, 0.4) is 0 Å². The molecule has 2 aromatic heterocycles. The van der Waals surface area contributed by atoms with Crippen molar-refractivity contribution in [1.29, 1.82) is 0 Å². The van der Waals surface area contributed by atoms with Gasteiger partial charge in [0.25, 0.3) is 5.91 Å². The maximum Gasteiger partial charge on any atom is 0.283 e. The van der Waals surface area contributed by atoms with Gasteiger partial charge in [-0.3, -0.25) is 4.79 Å². The predicted octanol–water partition coefficient (Wildman–Crippen LogP) is 3.73. The second kappa shape index (κ2) is 5.37. The third-order valence-electron chi connectivity index (χ3n) is 4.68. The first-order chi connectivity index (χ1) is 10.0. The van der Waals surface area contributed by atoms with E-state index in [0.29, 0.717) is 11.0 Å². The molecule has 4 nitrogen and oxygen atoms in total. The molecule has 0 aromatic carbocycles. The standard InChI is InChI=1S/C16H21N3OS/c1-4-16(2,3)12-8-6-10-19(12)15(20)14-18-11-7-5-9-17-13(11)21-14/h5,7,9,12H,4,6,8,10H2,1-3H3/t12-/m0/s1. The van der Waals surface area contributed by atoms with Gasteiger partial charge in [0.05, 0.1) is 0 Å². The summed E-state index contributed by atoms with van der Waals surface area (Å²) in [5.74, 6) is 0.0713. The van der Waals surface area contributed by atoms with E-state index in [-0.39, 0.29) is 11.3 Å². The van der Waals surface area contributed by atoms with Crippen LogP contribution in [0.5, 0.6) is 0 Å². The fraction of sp³-hybridized carbons (Fsp3) is 0.562. The summed E-state index contributed by atoms with van der Waals surface area (Å²) in [5, 5.41) is 0.572. The first-order valence-electron chi connectivity index (χ1n) is 7.55. The molecule has 1 aliphatic heterocycles. The van der Waals surface area contributed by atoms with Crippen molar-refractivity contribution in [2.45, 2.75) is 46.1 Å². The summed E-state index contributed by atoms with van der Waals surface area (Å²) in [6.45, 7) is 7.55. The first kappa shape index (κ1) is 14.4. The molecular weight excluding hydrogens is 282 g/mol. The van der Waals surface area contributed by atoms with Gasteiger partial charge in [-0.15, -0.1) is 0 Å². The number of hydrogen-bond donors (Lipinski definition) is 0. The zero-order valence-electron chi connectivity index (χ0n) is 12.8. The third kappa shape index (κ3) is 2.55. The molecule has 21 heavy (non-hydrogen) atoms. The van der Waals surface area contributed by atoms with Gasteiger partial charge in [-0.2, -0.15) is 0 Å². The Labute approximate surface area is 129 Å². The molecule has 112 valence electrons. The number of hydrogen-bond acceptors (Lipinski definition) is 4. The summed E-state index contributed by atoms with van der Waals surface area (Å²) in [5.41, 5.74) is 0.970. The summed E-state index contributed by atoms with van der Waals surface area (Å²) >= 11 is 1.40. The lowest BCUT2D eigenvalue weighted by Gasteiger charge is -2.36. The molecule has 5 heteroatoms. The number of aromatic nitrogens is 2. The Kier molecular flexibility index (Phi) is 3.69. The highest BCUT2D eigenvalue weighted by molar-refractivity contribution is 7.19. The molecule has 0 aliphatic carbocycles. The van der Waals surface area contributed by atoms with E-state index in [1.807, 2.05) is 17.0 Å². The van der Waals surface area contributed by atoms with Crippen molar-refractivity contribution >= 4 is 27.6 Å². The number of likely N-dealkylation sites (tertiary alicyclic amines) is 1. The van der Waals surface area contributed by atoms with E-state index in [4.69, 9.17) is 0 Å². The van der Waals surface area contributed by atoms with E-state index in [9.17, 15) is 4.79 Å². The molecule has 0 unspecified atom stereocenters. The van der Waals surface area contributed by atoms with Gasteiger partial charge in [0.1, 0.15) is 10.3 Å². The molecule has 0 N–H and O–H groups in total. The molecule has 1 saturated heterocycles. The van der Waals surface area contributed by atoms with Crippen molar-refractivity contribution in [3.8, 4) is 0 Å². The maximum atomic E-state index is 12.8. The van der Waals surface area contributed by atoms with E-state index in [0.717, 1.165) is 36.2 Å². The average molecular weight is 303 g/mol. The van der Waals surface area contributed by atoms with E-state index in [2.05, 4.69) is 30.7 Å². The normalized spacial score (nSPS) is 19.4. The molecule has 0 radical (unpaired) electrons. The molecule has 2 aromatic rings. The number of fused-ring (bicyclic) bond motifs is 1. The average Bonchev–Trinajstić information content (AvgIpc) is 3.13. The SMILES string of the molecule is CCC(C)(C)[C@@H]1CCCN1C(=O)c1nc2cccnc2s1. The largest absolute Gasteiger partial charge is 0.333 e. The van der Waals surface area contributed by atoms with Crippen molar-refractivity contribution < 1.29 is 4.79 Å². The zero-order chi connectivity index (χ0) is 15.0. The highest BCUT2D eigenvalue weighted by atomic mass is 32.1. The lowest BCUT2D eigenvalue weighted by atomic mass is 9.80. The lowest BCUT2D eigenvalue weighted by molar-refractivity contribution is 0.0595. The molecule has 3 rings (SSSR count). The minimum absolute atomic E-state index is 0.0713. The molecule has 0 bridgehead atoms. The monoisotopic (exact) mass is 303 g/mol. The van der Waals surface area contributed by atoms with Crippen LogP contribution in [-0.2, 0) is 0 Å². The Hall–Kier alpha value is -1.49. The molecule has 1 fully saturated rings. The van der Waals surface area contributed by atoms with Crippen molar-refractivity contribution in [3.05, 3.63) is 23.3 Å². The lowest BCUT2D eigenvalue weighted by Crippen LogP contribution is -2.44. The van der Waals surface area contributed by atoms with Gasteiger partial charge in [-0.1, -0.05) is 32.1 Å². The molecule has 0 saturated carbocycles. The van der Waals surface area contributed by atoms with Gasteiger partial charge in [0.15, 0.2) is 5.01 Å². The molecule has 3 heterocycles. The number of amides is 1. The Morgan fingerprint density at radius 1 is 1.52 bits per heavy atom. The number of nitrogens with zero attached hydrogens (tertiary/aromatic N) is 3. The molecule has 1 aliphatic rings. The second-order valence-electron chi connectivity index (χ2n) is 6.35. The molecule has 1 atom stereocenters. The quantitative estimate of drug-likeness (QED) is 0.868. The van der Waals surface area contributed by atoms with Gasteiger partial charge in [-0.25, -0.2) is 9.97 Å². The second-order valence-corrected chi connectivity index (χ2v) is 7.32. The van der Waals surface area contributed by atoms with Gasteiger partial charge in [0.2, 0.25) is 0 Å². The molecule has 0 spiro atoms. The topological polar surface area (TPSA) is 46.1 Å². The molecule has 1 amide bonds. The summed E-state index contributed by atoms with van der Waals surface area (Å²) in [6.07, 6.45) is 5.00. The number of carbonyl (C=O) groups excluding carboxylic acids is 1. The van der Waals surface area contributed by atoms with Crippen LogP contribution in [0.25, 0.3) is 10.3 Å². The Bertz CT molecular complexity index is 631. The van der Waals surface area contributed by atoms with Gasteiger partial charge >= 0.3 is 0 Å². The minimum atomic E-state index is 0.0713. The number of pyridine rings is 1. The van der Waals surface area contributed by atoms with Crippen molar-refractivity contribution in [3.63, 3.8) is 0 Å². The Morgan fingerprint density at radius 3 is 3.05 bits per heavy atom. The van der Waals surface area contributed by atoms with Crippen LogP contribution in [0.2, 0.25) is 0 Å². The van der Waals surface area contributed by atoms with Crippen LogP contribution in [-0.4, -0.2) is 33.4 Å². The number of rotatable bonds is 3. The van der Waals surface area contributed by atoms with E-state index < -0.39 is 0 Å². The van der Waals surface area contributed by atoms with Crippen LogP contribution in [0.15, 0.2) is 18.3 Å².